The molecule has 19 heavy (non-hydrogen) atoms. The van der Waals surface area contributed by atoms with E-state index < -0.39 is 0 Å². The molecule has 0 fully saturated rings. The first kappa shape index (κ1) is 14.7. The molecule has 0 spiro atoms. The highest BCUT2D eigenvalue weighted by Gasteiger charge is 2.20. The lowest BCUT2D eigenvalue weighted by Crippen LogP contribution is -2.18. The SMILES string of the molecule is CCOc1ccccc1C(NC)c1cc(Cl)sc1Cl. The number of hydrogen-bond donors (Lipinski definition) is 1. The maximum Gasteiger partial charge on any atom is 0.124 e. The van der Waals surface area contributed by atoms with Crippen LogP contribution in [-0.4, -0.2) is 13.7 Å². The fourth-order valence-corrected chi connectivity index (χ4v) is 3.57. The van der Waals surface area contributed by atoms with Crippen LogP contribution in [0.25, 0.3) is 0 Å². The maximum absolute atomic E-state index is 6.25. The molecular formula is C14H15Cl2NOS. The zero-order valence-electron chi connectivity index (χ0n) is 10.7. The molecule has 0 saturated carbocycles. The second kappa shape index (κ2) is 6.62. The minimum Gasteiger partial charge on any atom is -0.494 e. The lowest BCUT2D eigenvalue weighted by atomic mass is 10.0. The van der Waals surface area contributed by atoms with Crippen molar-refractivity contribution in [3.05, 3.63) is 50.1 Å². The first-order valence-corrected chi connectivity index (χ1v) is 7.58. The molecule has 0 saturated heterocycles. The Morgan fingerprint density at radius 2 is 2.00 bits per heavy atom. The second-order valence-corrected chi connectivity index (χ2v) is 6.26. The molecule has 5 heteroatoms. The summed E-state index contributed by atoms with van der Waals surface area (Å²) in [6.45, 7) is 2.60. The molecule has 0 aliphatic heterocycles. The lowest BCUT2D eigenvalue weighted by molar-refractivity contribution is 0.334. The van der Waals surface area contributed by atoms with Crippen LogP contribution in [0.1, 0.15) is 24.1 Å². The third-order valence-electron chi connectivity index (χ3n) is 2.81. The monoisotopic (exact) mass is 315 g/mol. The van der Waals surface area contributed by atoms with E-state index in [4.69, 9.17) is 27.9 Å². The zero-order chi connectivity index (χ0) is 13.8. The van der Waals surface area contributed by atoms with Crippen molar-refractivity contribution in [2.75, 3.05) is 13.7 Å². The van der Waals surface area contributed by atoms with Crippen LogP contribution < -0.4 is 10.1 Å². The van der Waals surface area contributed by atoms with E-state index in [1.807, 2.05) is 44.3 Å². The summed E-state index contributed by atoms with van der Waals surface area (Å²) in [7, 11) is 1.90. The van der Waals surface area contributed by atoms with Crippen LogP contribution in [0.15, 0.2) is 30.3 Å². The van der Waals surface area contributed by atoms with E-state index in [9.17, 15) is 0 Å². The van der Waals surface area contributed by atoms with Crippen LogP contribution in [0.4, 0.5) is 0 Å². The van der Waals surface area contributed by atoms with Crippen LogP contribution in [0.3, 0.4) is 0 Å². The van der Waals surface area contributed by atoms with Crippen molar-refractivity contribution >= 4 is 34.5 Å². The number of thiophene rings is 1. The predicted molar refractivity (Wildman–Crippen MR) is 82.9 cm³/mol. The van der Waals surface area contributed by atoms with Gasteiger partial charge in [0.25, 0.3) is 0 Å². The largest absolute Gasteiger partial charge is 0.494 e. The Morgan fingerprint density at radius 1 is 1.26 bits per heavy atom. The van der Waals surface area contributed by atoms with Gasteiger partial charge in [-0.15, -0.1) is 11.3 Å². The molecule has 0 amide bonds. The third-order valence-corrected chi connectivity index (χ3v) is 4.33. The molecule has 2 rings (SSSR count). The van der Waals surface area contributed by atoms with Gasteiger partial charge < -0.3 is 10.1 Å². The molecule has 0 bridgehead atoms. The molecular weight excluding hydrogens is 301 g/mol. The number of hydrogen-bond acceptors (Lipinski definition) is 3. The molecule has 1 atom stereocenters. The first-order valence-electron chi connectivity index (χ1n) is 6.01. The van der Waals surface area contributed by atoms with E-state index in [0.717, 1.165) is 16.9 Å². The standard InChI is InChI=1S/C14H15Cl2NOS/c1-3-18-11-7-5-4-6-9(11)13(17-2)10-8-12(15)19-14(10)16/h4-8,13,17H,3H2,1-2H3. The topological polar surface area (TPSA) is 21.3 Å². The van der Waals surface area contributed by atoms with Crippen LogP contribution in [0.2, 0.25) is 8.67 Å². The number of para-hydroxylation sites is 1. The van der Waals surface area contributed by atoms with Crippen molar-refractivity contribution < 1.29 is 4.74 Å². The second-order valence-electron chi connectivity index (χ2n) is 3.97. The molecule has 1 aromatic heterocycles. The Bertz CT molecular complexity index is 556. The van der Waals surface area contributed by atoms with Gasteiger partial charge in [0.05, 0.1) is 21.3 Å². The summed E-state index contributed by atoms with van der Waals surface area (Å²) >= 11 is 13.7. The predicted octanol–water partition coefficient (Wildman–Crippen LogP) is 4.76. The van der Waals surface area contributed by atoms with E-state index in [1.54, 1.807) is 0 Å². The van der Waals surface area contributed by atoms with Crippen molar-refractivity contribution in [1.29, 1.82) is 0 Å². The lowest BCUT2D eigenvalue weighted by Gasteiger charge is -2.19. The van der Waals surface area contributed by atoms with Crippen molar-refractivity contribution in [3.8, 4) is 5.75 Å². The Hall–Kier alpha value is -0.740. The third kappa shape index (κ3) is 3.23. The van der Waals surface area contributed by atoms with E-state index in [0.29, 0.717) is 15.3 Å². The molecule has 1 heterocycles. The number of rotatable bonds is 5. The smallest absolute Gasteiger partial charge is 0.124 e. The number of benzene rings is 1. The van der Waals surface area contributed by atoms with Crippen LogP contribution >= 0.6 is 34.5 Å². The van der Waals surface area contributed by atoms with Gasteiger partial charge in [0, 0.05) is 11.1 Å². The van der Waals surface area contributed by atoms with Gasteiger partial charge in [-0.05, 0) is 26.1 Å². The van der Waals surface area contributed by atoms with Crippen molar-refractivity contribution in [3.63, 3.8) is 0 Å². The molecule has 0 aliphatic carbocycles. The average molecular weight is 316 g/mol. The Kier molecular flexibility index (Phi) is 5.11. The van der Waals surface area contributed by atoms with E-state index in [2.05, 4.69) is 5.32 Å². The summed E-state index contributed by atoms with van der Waals surface area (Å²) in [4.78, 5) is 0. The quantitative estimate of drug-likeness (QED) is 0.858. The molecule has 1 aromatic carbocycles. The molecule has 1 unspecified atom stereocenters. The Labute approximate surface area is 127 Å². The van der Waals surface area contributed by atoms with Crippen LogP contribution in [0, 0.1) is 0 Å². The highest BCUT2D eigenvalue weighted by molar-refractivity contribution is 7.20. The van der Waals surface area contributed by atoms with Crippen LogP contribution in [-0.2, 0) is 0 Å². The first-order chi connectivity index (χ1) is 9.17. The van der Waals surface area contributed by atoms with Crippen molar-refractivity contribution in [1.82, 2.24) is 5.32 Å². The highest BCUT2D eigenvalue weighted by Crippen LogP contribution is 2.39. The van der Waals surface area contributed by atoms with Gasteiger partial charge in [0.1, 0.15) is 5.75 Å². The van der Waals surface area contributed by atoms with Crippen molar-refractivity contribution in [2.24, 2.45) is 0 Å². The molecule has 2 nitrogen and oxygen atoms in total. The molecule has 2 aromatic rings. The fourth-order valence-electron chi connectivity index (χ4n) is 2.03. The van der Waals surface area contributed by atoms with E-state index in [-0.39, 0.29) is 6.04 Å². The van der Waals surface area contributed by atoms with Gasteiger partial charge >= 0.3 is 0 Å². The van der Waals surface area contributed by atoms with Gasteiger partial charge in [-0.1, -0.05) is 41.4 Å². The minimum atomic E-state index is -0.0287. The normalized spacial score (nSPS) is 12.4. The maximum atomic E-state index is 6.25. The summed E-state index contributed by atoms with van der Waals surface area (Å²) in [5, 5.41) is 3.27. The van der Waals surface area contributed by atoms with Crippen LogP contribution in [0.5, 0.6) is 5.75 Å². The minimum absolute atomic E-state index is 0.0287. The zero-order valence-corrected chi connectivity index (χ0v) is 13.1. The summed E-state index contributed by atoms with van der Waals surface area (Å²) < 4.78 is 7.07. The van der Waals surface area contributed by atoms with Gasteiger partial charge in [0.2, 0.25) is 0 Å². The fraction of sp³-hybridized carbons (Fsp3) is 0.286. The molecule has 1 N–H and O–H groups in total. The van der Waals surface area contributed by atoms with E-state index >= 15 is 0 Å². The summed E-state index contributed by atoms with van der Waals surface area (Å²) in [6, 6.07) is 9.82. The molecule has 0 radical (unpaired) electrons. The molecule has 102 valence electrons. The Balaban J connectivity index is 2.45. The summed E-state index contributed by atoms with van der Waals surface area (Å²) in [5.41, 5.74) is 2.04. The number of nitrogens with one attached hydrogen (secondary N) is 1. The van der Waals surface area contributed by atoms with Gasteiger partial charge in [-0.25, -0.2) is 0 Å². The van der Waals surface area contributed by atoms with Gasteiger partial charge in [-0.2, -0.15) is 0 Å². The summed E-state index contributed by atoms with van der Waals surface area (Å²) in [5.74, 6) is 0.864. The number of halogens is 2. The highest BCUT2D eigenvalue weighted by atomic mass is 35.5. The Morgan fingerprint density at radius 3 is 2.58 bits per heavy atom. The van der Waals surface area contributed by atoms with Gasteiger partial charge in [0.15, 0.2) is 0 Å². The number of ether oxygens (including phenoxy) is 1. The van der Waals surface area contributed by atoms with Gasteiger partial charge in [-0.3, -0.25) is 0 Å². The molecule has 0 aliphatic rings. The average Bonchev–Trinajstić information content (AvgIpc) is 2.72. The van der Waals surface area contributed by atoms with Crippen molar-refractivity contribution in [2.45, 2.75) is 13.0 Å². The summed E-state index contributed by atoms with van der Waals surface area (Å²) in [6.07, 6.45) is 0. The van der Waals surface area contributed by atoms with E-state index in [1.165, 1.54) is 11.3 Å².